The van der Waals surface area contributed by atoms with Crippen LogP contribution in [0.2, 0.25) is 0 Å². The molecule has 6 nitrogen and oxygen atoms in total. The third kappa shape index (κ3) is 3.73. The van der Waals surface area contributed by atoms with Crippen molar-refractivity contribution in [3.8, 4) is 5.75 Å². The molecular formula is C16H18O6. The van der Waals surface area contributed by atoms with Crippen LogP contribution in [0, 0.1) is 0 Å². The quantitative estimate of drug-likeness (QED) is 0.631. The Bertz CT molecular complexity index is 580. The summed E-state index contributed by atoms with van der Waals surface area (Å²) < 4.78 is 5.42. The van der Waals surface area contributed by atoms with Gasteiger partial charge in [0.05, 0.1) is 6.10 Å². The molecule has 3 atom stereocenters. The highest BCUT2D eigenvalue weighted by Crippen LogP contribution is 2.28. The molecule has 2 rings (SSSR count). The molecule has 0 saturated carbocycles. The maximum Gasteiger partial charge on any atom is 0.339 e. The first-order valence-electron chi connectivity index (χ1n) is 6.81. The number of aliphatic hydroxyl groups is 3. The van der Waals surface area contributed by atoms with Crippen molar-refractivity contribution in [3.63, 3.8) is 0 Å². The molecule has 6 heteroatoms. The summed E-state index contributed by atoms with van der Waals surface area (Å²) in [5.41, 5.74) is -2.04. The molecule has 0 saturated heterocycles. The van der Waals surface area contributed by atoms with E-state index in [1.807, 2.05) is 18.2 Å². The molecule has 1 aromatic carbocycles. The van der Waals surface area contributed by atoms with Gasteiger partial charge < -0.3 is 25.2 Å². The zero-order chi connectivity index (χ0) is 16.2. The maximum atomic E-state index is 11.1. The number of carboxylic acids is 1. The van der Waals surface area contributed by atoms with Crippen LogP contribution in [0.3, 0.4) is 0 Å². The van der Waals surface area contributed by atoms with Crippen molar-refractivity contribution < 1.29 is 30.0 Å². The summed E-state index contributed by atoms with van der Waals surface area (Å²) in [5, 5.41) is 38.5. The molecule has 0 heterocycles. The van der Waals surface area contributed by atoms with Crippen molar-refractivity contribution in [1.29, 1.82) is 0 Å². The summed E-state index contributed by atoms with van der Waals surface area (Å²) in [6.07, 6.45) is 1.01. The fraction of sp³-hybridized carbons (Fsp3) is 0.312. The van der Waals surface area contributed by atoms with Crippen LogP contribution in [-0.2, 0) is 4.79 Å². The number of hydrogen-bond donors (Lipinski definition) is 4. The van der Waals surface area contributed by atoms with Crippen LogP contribution in [0.25, 0.3) is 0 Å². The van der Waals surface area contributed by atoms with Crippen molar-refractivity contribution in [2.45, 2.75) is 24.2 Å². The van der Waals surface area contributed by atoms with Gasteiger partial charge in [-0.2, -0.15) is 0 Å². The number of hydrogen-bond acceptors (Lipinski definition) is 5. The van der Waals surface area contributed by atoms with Gasteiger partial charge in [-0.15, -0.1) is 0 Å². The summed E-state index contributed by atoms with van der Waals surface area (Å²) >= 11 is 0. The first-order chi connectivity index (χ1) is 10.4. The Morgan fingerprint density at radius 1 is 1.32 bits per heavy atom. The minimum atomic E-state index is -2.18. The number of carbonyl (C=O) groups is 1. The third-order valence-corrected chi connectivity index (χ3v) is 3.40. The number of benzene rings is 1. The molecule has 0 spiro atoms. The van der Waals surface area contributed by atoms with E-state index in [1.165, 1.54) is 6.08 Å². The number of para-hydroxylation sites is 1. The summed E-state index contributed by atoms with van der Waals surface area (Å²) in [4.78, 5) is 11.1. The molecule has 0 bridgehead atoms. The molecule has 0 aromatic heterocycles. The third-order valence-electron chi connectivity index (χ3n) is 3.40. The molecule has 0 fully saturated rings. The lowest BCUT2D eigenvalue weighted by molar-refractivity contribution is -0.158. The van der Waals surface area contributed by atoms with Crippen LogP contribution in [-0.4, -0.2) is 50.8 Å². The summed E-state index contributed by atoms with van der Waals surface area (Å²) in [6.45, 7) is 0.204. The van der Waals surface area contributed by atoms with Crippen molar-refractivity contribution in [3.05, 3.63) is 54.1 Å². The molecular weight excluding hydrogens is 288 g/mol. The Kier molecular flexibility index (Phi) is 4.97. The number of aliphatic carboxylic acids is 1. The average Bonchev–Trinajstić information content (AvgIpc) is 2.49. The van der Waals surface area contributed by atoms with Gasteiger partial charge in [-0.25, -0.2) is 4.79 Å². The predicted octanol–water partition coefficient (Wildman–Crippen LogP) is 0.489. The summed E-state index contributed by atoms with van der Waals surface area (Å²) in [6, 6.07) is 9.09. The highest BCUT2D eigenvalue weighted by atomic mass is 16.5. The van der Waals surface area contributed by atoms with E-state index in [9.17, 15) is 20.1 Å². The average molecular weight is 306 g/mol. The number of ether oxygens (including phenoxy) is 1. The van der Waals surface area contributed by atoms with Crippen molar-refractivity contribution in [2.24, 2.45) is 0 Å². The lowest BCUT2D eigenvalue weighted by Gasteiger charge is -2.32. The second-order valence-corrected chi connectivity index (χ2v) is 5.12. The first-order valence-corrected chi connectivity index (χ1v) is 6.81. The summed E-state index contributed by atoms with van der Waals surface area (Å²) in [7, 11) is 0. The van der Waals surface area contributed by atoms with Gasteiger partial charge in [0.1, 0.15) is 18.5 Å². The van der Waals surface area contributed by atoms with E-state index in [-0.39, 0.29) is 12.2 Å². The number of aliphatic hydroxyl groups excluding tert-OH is 2. The van der Waals surface area contributed by atoms with Crippen LogP contribution in [0.1, 0.15) is 6.42 Å². The van der Waals surface area contributed by atoms with E-state index in [2.05, 4.69) is 0 Å². The van der Waals surface area contributed by atoms with Crippen LogP contribution < -0.4 is 4.74 Å². The Labute approximate surface area is 127 Å². The molecule has 4 N–H and O–H groups in total. The van der Waals surface area contributed by atoms with Crippen molar-refractivity contribution in [2.75, 3.05) is 6.61 Å². The van der Waals surface area contributed by atoms with E-state index >= 15 is 0 Å². The van der Waals surface area contributed by atoms with E-state index < -0.39 is 30.2 Å². The molecule has 0 radical (unpaired) electrons. The fourth-order valence-electron chi connectivity index (χ4n) is 2.21. The molecule has 1 aliphatic carbocycles. The van der Waals surface area contributed by atoms with Crippen LogP contribution in [0.15, 0.2) is 54.1 Å². The Hall–Kier alpha value is -2.15. The molecule has 0 unspecified atom stereocenters. The van der Waals surface area contributed by atoms with Gasteiger partial charge in [-0.05, 0) is 29.9 Å². The molecule has 1 aliphatic rings. The van der Waals surface area contributed by atoms with Crippen molar-refractivity contribution >= 4 is 5.97 Å². The van der Waals surface area contributed by atoms with Gasteiger partial charge >= 0.3 is 5.97 Å². The lowest BCUT2D eigenvalue weighted by atomic mass is 9.83. The Balaban J connectivity index is 2.04. The van der Waals surface area contributed by atoms with E-state index in [1.54, 1.807) is 18.2 Å². The zero-order valence-electron chi connectivity index (χ0n) is 11.8. The smallest absolute Gasteiger partial charge is 0.339 e. The molecule has 118 valence electrons. The summed E-state index contributed by atoms with van der Waals surface area (Å²) in [5.74, 6) is -0.794. The highest BCUT2D eigenvalue weighted by Gasteiger charge is 2.42. The first kappa shape index (κ1) is 16.2. The van der Waals surface area contributed by atoms with Crippen LogP contribution >= 0.6 is 0 Å². The minimum absolute atomic E-state index is 0.139. The Morgan fingerprint density at radius 2 is 2.00 bits per heavy atom. The Morgan fingerprint density at radius 3 is 2.64 bits per heavy atom. The lowest BCUT2D eigenvalue weighted by Crippen LogP contribution is -2.47. The van der Waals surface area contributed by atoms with Gasteiger partial charge in [0, 0.05) is 6.42 Å². The SMILES string of the molecule is O=C(O)[C@]1(O)C=C(/C=C/COc2ccccc2)[C@@H](O)[C@H](O)C1. The fourth-order valence-corrected chi connectivity index (χ4v) is 2.21. The van der Waals surface area contributed by atoms with E-state index in [4.69, 9.17) is 9.84 Å². The van der Waals surface area contributed by atoms with Gasteiger partial charge in [0.2, 0.25) is 0 Å². The second kappa shape index (κ2) is 6.74. The predicted molar refractivity (Wildman–Crippen MR) is 78.4 cm³/mol. The maximum absolute atomic E-state index is 11.1. The van der Waals surface area contributed by atoms with E-state index in [0.717, 1.165) is 6.08 Å². The van der Waals surface area contributed by atoms with Crippen LogP contribution in [0.5, 0.6) is 5.75 Å². The van der Waals surface area contributed by atoms with Gasteiger partial charge in [0.15, 0.2) is 5.60 Å². The number of carboxylic acid groups (broad SMARTS) is 1. The molecule has 0 aliphatic heterocycles. The van der Waals surface area contributed by atoms with E-state index in [0.29, 0.717) is 5.75 Å². The van der Waals surface area contributed by atoms with Gasteiger partial charge in [-0.3, -0.25) is 0 Å². The largest absolute Gasteiger partial charge is 0.490 e. The molecule has 1 aromatic rings. The normalized spacial score (nSPS) is 28.4. The van der Waals surface area contributed by atoms with Gasteiger partial charge in [0.25, 0.3) is 0 Å². The minimum Gasteiger partial charge on any atom is -0.490 e. The monoisotopic (exact) mass is 306 g/mol. The number of rotatable bonds is 5. The zero-order valence-corrected chi connectivity index (χ0v) is 11.8. The van der Waals surface area contributed by atoms with Gasteiger partial charge in [-0.1, -0.05) is 24.3 Å². The molecule has 0 amide bonds. The molecule has 22 heavy (non-hydrogen) atoms. The second-order valence-electron chi connectivity index (χ2n) is 5.12. The van der Waals surface area contributed by atoms with Crippen molar-refractivity contribution in [1.82, 2.24) is 0 Å². The standard InChI is InChI=1S/C16H18O6/c17-13-10-16(21,15(19)20)9-11(14(13)18)5-4-8-22-12-6-2-1-3-7-12/h1-7,9,13-14,17-18,21H,8,10H2,(H,19,20)/b5-4+/t13-,14-,16+/m1/s1. The van der Waals surface area contributed by atoms with Crippen LogP contribution in [0.4, 0.5) is 0 Å². The topological polar surface area (TPSA) is 107 Å². The highest BCUT2D eigenvalue weighted by molar-refractivity contribution is 5.80.